The van der Waals surface area contributed by atoms with Crippen LogP contribution in [-0.2, 0) is 6.42 Å². The molecule has 0 aromatic heterocycles. The van der Waals surface area contributed by atoms with E-state index in [4.69, 9.17) is 5.73 Å². The van der Waals surface area contributed by atoms with Crippen molar-refractivity contribution in [3.8, 4) is 0 Å². The molecule has 0 spiro atoms. The van der Waals surface area contributed by atoms with Gasteiger partial charge in [-0.2, -0.15) is 0 Å². The Bertz CT molecular complexity index is 483. The van der Waals surface area contributed by atoms with E-state index in [-0.39, 0.29) is 16.1 Å². The van der Waals surface area contributed by atoms with Crippen molar-refractivity contribution in [2.75, 3.05) is 0 Å². The minimum Gasteiger partial charge on any atom is -0.325 e. The summed E-state index contributed by atoms with van der Waals surface area (Å²) in [7, 11) is 0. The summed E-state index contributed by atoms with van der Waals surface area (Å²) in [6.07, 6.45) is 9.07. The highest BCUT2D eigenvalue weighted by Gasteiger charge is 2.26. The van der Waals surface area contributed by atoms with Crippen LogP contribution in [0.2, 0.25) is 0 Å². The lowest BCUT2D eigenvalue weighted by Crippen LogP contribution is -2.42. The molecule has 20 heavy (non-hydrogen) atoms. The number of non-ortho nitro benzene ring substituents is 1. The summed E-state index contributed by atoms with van der Waals surface area (Å²) in [4.78, 5) is 10.4. The van der Waals surface area contributed by atoms with E-state index < -0.39 is 0 Å². The zero-order valence-corrected chi connectivity index (χ0v) is 13.2. The Morgan fingerprint density at radius 3 is 2.35 bits per heavy atom. The molecule has 2 N–H and O–H groups in total. The highest BCUT2D eigenvalue weighted by atomic mass is 79.9. The van der Waals surface area contributed by atoms with Crippen molar-refractivity contribution >= 4 is 21.6 Å². The molecule has 1 aromatic carbocycles. The molecule has 0 bridgehead atoms. The summed E-state index contributed by atoms with van der Waals surface area (Å²) in [5, 5.41) is 10.8. The third kappa shape index (κ3) is 4.03. The molecule has 1 aliphatic carbocycles. The predicted octanol–water partition coefficient (Wildman–Crippen LogP) is 4.34. The first-order chi connectivity index (χ1) is 9.50. The van der Waals surface area contributed by atoms with Gasteiger partial charge < -0.3 is 5.73 Å². The zero-order chi connectivity index (χ0) is 14.6. The molecule has 0 unspecified atom stereocenters. The van der Waals surface area contributed by atoms with Crippen molar-refractivity contribution in [1.82, 2.24) is 0 Å². The van der Waals surface area contributed by atoms with Crippen LogP contribution >= 0.6 is 15.9 Å². The summed E-state index contributed by atoms with van der Waals surface area (Å²) < 4.78 is 0.790. The standard InChI is InChI=1S/C15H21BrN2O2/c16-14-10-13(18(19)20)7-6-12(14)11-15(17)8-4-2-1-3-5-9-15/h6-7,10H,1-5,8-9,11,17H2. The van der Waals surface area contributed by atoms with E-state index in [2.05, 4.69) is 15.9 Å². The smallest absolute Gasteiger partial charge is 0.270 e. The Morgan fingerprint density at radius 1 is 1.20 bits per heavy atom. The molecule has 0 saturated heterocycles. The normalized spacial score (nSPS) is 19.1. The van der Waals surface area contributed by atoms with E-state index in [9.17, 15) is 10.1 Å². The number of halogens is 1. The average molecular weight is 341 g/mol. The summed E-state index contributed by atoms with van der Waals surface area (Å²) in [6.45, 7) is 0. The third-order valence-corrected chi connectivity index (χ3v) is 4.88. The van der Waals surface area contributed by atoms with Crippen molar-refractivity contribution in [1.29, 1.82) is 0 Å². The molecule has 110 valence electrons. The predicted molar refractivity (Wildman–Crippen MR) is 83.7 cm³/mol. The van der Waals surface area contributed by atoms with E-state index in [1.54, 1.807) is 12.1 Å². The third-order valence-electron chi connectivity index (χ3n) is 4.14. The summed E-state index contributed by atoms with van der Waals surface area (Å²) in [6, 6.07) is 4.96. The summed E-state index contributed by atoms with van der Waals surface area (Å²) in [5.41, 5.74) is 7.59. The second-order valence-corrected chi connectivity index (χ2v) is 6.69. The maximum absolute atomic E-state index is 10.8. The molecule has 1 aliphatic rings. The first-order valence-corrected chi connectivity index (χ1v) is 8.01. The number of nitrogens with two attached hydrogens (primary N) is 1. The highest BCUT2D eigenvalue weighted by Crippen LogP contribution is 2.31. The van der Waals surface area contributed by atoms with E-state index in [1.165, 1.54) is 32.1 Å². The van der Waals surface area contributed by atoms with Crippen LogP contribution in [-0.4, -0.2) is 10.5 Å². The van der Waals surface area contributed by atoms with Crippen LogP contribution < -0.4 is 5.73 Å². The van der Waals surface area contributed by atoms with Gasteiger partial charge >= 0.3 is 0 Å². The van der Waals surface area contributed by atoms with Crippen LogP contribution in [0.5, 0.6) is 0 Å². The maximum atomic E-state index is 10.8. The quantitative estimate of drug-likeness (QED) is 0.657. The zero-order valence-electron chi connectivity index (χ0n) is 11.6. The number of hydrogen-bond donors (Lipinski definition) is 1. The van der Waals surface area contributed by atoms with Gasteiger partial charge in [0.15, 0.2) is 0 Å². The topological polar surface area (TPSA) is 69.2 Å². The first-order valence-electron chi connectivity index (χ1n) is 7.22. The van der Waals surface area contributed by atoms with E-state index >= 15 is 0 Å². The molecule has 0 radical (unpaired) electrons. The monoisotopic (exact) mass is 340 g/mol. The van der Waals surface area contributed by atoms with Crippen LogP contribution in [0.15, 0.2) is 22.7 Å². The fourth-order valence-corrected chi connectivity index (χ4v) is 3.47. The van der Waals surface area contributed by atoms with Gasteiger partial charge in [0.05, 0.1) is 4.92 Å². The Morgan fingerprint density at radius 2 is 1.80 bits per heavy atom. The molecule has 1 aromatic rings. The molecule has 1 fully saturated rings. The van der Waals surface area contributed by atoms with Crippen molar-refractivity contribution in [3.05, 3.63) is 38.3 Å². The van der Waals surface area contributed by atoms with E-state index in [0.717, 1.165) is 29.3 Å². The largest absolute Gasteiger partial charge is 0.325 e. The van der Waals surface area contributed by atoms with Crippen molar-refractivity contribution in [2.45, 2.75) is 56.9 Å². The lowest BCUT2D eigenvalue weighted by atomic mass is 9.80. The number of nitrogens with zero attached hydrogens (tertiary/aromatic N) is 1. The second-order valence-electron chi connectivity index (χ2n) is 5.84. The van der Waals surface area contributed by atoms with E-state index in [1.807, 2.05) is 6.07 Å². The SMILES string of the molecule is NC1(Cc2ccc([N+](=O)[O-])cc2Br)CCCCCCC1. The van der Waals surface area contributed by atoms with Gasteiger partial charge in [0.2, 0.25) is 0 Å². The Labute approximate surface area is 128 Å². The number of rotatable bonds is 3. The molecule has 0 heterocycles. The van der Waals surface area contributed by atoms with Gasteiger partial charge in [0, 0.05) is 22.1 Å². The number of hydrogen-bond acceptors (Lipinski definition) is 3. The first kappa shape index (κ1) is 15.4. The molecule has 4 nitrogen and oxygen atoms in total. The minimum atomic E-state index is -0.372. The van der Waals surface area contributed by atoms with Gasteiger partial charge in [-0.1, -0.05) is 54.1 Å². The van der Waals surface area contributed by atoms with Crippen LogP contribution in [0.3, 0.4) is 0 Å². The Kier molecular flexibility index (Phi) is 5.16. The molecule has 5 heteroatoms. The Hall–Kier alpha value is -0.940. The van der Waals surface area contributed by atoms with Crippen LogP contribution in [0.25, 0.3) is 0 Å². The summed E-state index contributed by atoms with van der Waals surface area (Å²) in [5.74, 6) is 0. The van der Waals surface area contributed by atoms with Gasteiger partial charge in [0.1, 0.15) is 0 Å². The van der Waals surface area contributed by atoms with Crippen molar-refractivity contribution in [2.24, 2.45) is 5.73 Å². The Balaban J connectivity index is 2.13. The fourth-order valence-electron chi connectivity index (χ4n) is 2.96. The highest BCUT2D eigenvalue weighted by molar-refractivity contribution is 9.10. The fraction of sp³-hybridized carbons (Fsp3) is 0.600. The van der Waals surface area contributed by atoms with Gasteiger partial charge in [-0.15, -0.1) is 0 Å². The minimum absolute atomic E-state index is 0.115. The van der Waals surface area contributed by atoms with Gasteiger partial charge in [0.25, 0.3) is 5.69 Å². The number of benzene rings is 1. The average Bonchev–Trinajstić information content (AvgIpc) is 2.37. The maximum Gasteiger partial charge on any atom is 0.270 e. The molecule has 0 aliphatic heterocycles. The number of nitro benzene ring substituents is 1. The molecule has 0 atom stereocenters. The summed E-state index contributed by atoms with van der Waals surface area (Å²) >= 11 is 3.44. The van der Waals surface area contributed by atoms with Crippen LogP contribution in [0.1, 0.15) is 50.5 Å². The van der Waals surface area contributed by atoms with Crippen molar-refractivity contribution < 1.29 is 4.92 Å². The lowest BCUT2D eigenvalue weighted by molar-refractivity contribution is -0.384. The van der Waals surface area contributed by atoms with Crippen LogP contribution in [0, 0.1) is 10.1 Å². The second kappa shape index (κ2) is 6.68. The van der Waals surface area contributed by atoms with E-state index in [0.29, 0.717) is 0 Å². The molecule has 0 amide bonds. The van der Waals surface area contributed by atoms with Crippen LogP contribution in [0.4, 0.5) is 5.69 Å². The van der Waals surface area contributed by atoms with Gasteiger partial charge in [-0.25, -0.2) is 0 Å². The van der Waals surface area contributed by atoms with Gasteiger partial charge in [-0.05, 0) is 24.8 Å². The molecular formula is C15H21BrN2O2. The van der Waals surface area contributed by atoms with Gasteiger partial charge in [-0.3, -0.25) is 10.1 Å². The molecule has 2 rings (SSSR count). The van der Waals surface area contributed by atoms with Crippen molar-refractivity contribution in [3.63, 3.8) is 0 Å². The number of nitro groups is 1. The lowest BCUT2D eigenvalue weighted by Gasteiger charge is -2.32. The molecular weight excluding hydrogens is 320 g/mol. The molecule has 1 saturated carbocycles.